The summed E-state index contributed by atoms with van der Waals surface area (Å²) in [7, 11) is 0. The van der Waals surface area contributed by atoms with Gasteiger partial charge in [0, 0.05) is 33.1 Å². The predicted molar refractivity (Wildman–Crippen MR) is 256 cm³/mol. The number of hydrogen-bond donors (Lipinski definition) is 0. The van der Waals surface area contributed by atoms with E-state index in [0.717, 1.165) is 33.3 Å². The average molecular weight is 797 g/mol. The normalized spacial score (nSPS) is 18.1. The van der Waals surface area contributed by atoms with Gasteiger partial charge in [-0.15, -0.1) is 0 Å². The fourth-order valence-electron chi connectivity index (χ4n) is 11.2. The van der Waals surface area contributed by atoms with Gasteiger partial charge in [0.05, 0.1) is 0 Å². The van der Waals surface area contributed by atoms with Crippen molar-refractivity contribution < 1.29 is 9.15 Å². The topological polar surface area (TPSA) is 22.4 Å². The number of fused-ring (bicyclic) bond motifs is 13. The Hall–Kier alpha value is -7.16. The summed E-state index contributed by atoms with van der Waals surface area (Å²) in [6.07, 6.45) is 6.83. The van der Waals surface area contributed by atoms with Crippen LogP contribution >= 0.6 is 0 Å². The molecule has 0 radical (unpaired) electrons. The summed E-state index contributed by atoms with van der Waals surface area (Å²) >= 11 is 0. The largest absolute Gasteiger partial charge is 0.481 e. The van der Waals surface area contributed by atoms with Crippen molar-refractivity contribution >= 4 is 27.5 Å². The molecule has 0 saturated heterocycles. The molecule has 0 N–H and O–H groups in total. The van der Waals surface area contributed by atoms with Crippen LogP contribution in [0.25, 0.3) is 83.1 Å². The number of rotatable bonds is 4. The van der Waals surface area contributed by atoms with E-state index in [1.54, 1.807) is 0 Å². The molecule has 2 heterocycles. The highest BCUT2D eigenvalue weighted by Gasteiger charge is 2.39. The zero-order valence-corrected chi connectivity index (χ0v) is 35.3. The third-order valence-electron chi connectivity index (χ3n) is 14.7. The molecule has 4 aliphatic rings. The molecule has 2 nitrogen and oxygen atoms in total. The van der Waals surface area contributed by atoms with Crippen LogP contribution in [0.15, 0.2) is 186 Å². The number of furan rings is 1. The maximum absolute atomic E-state index is 6.88. The molecule has 0 bridgehead atoms. The van der Waals surface area contributed by atoms with Crippen molar-refractivity contribution in [2.24, 2.45) is 0 Å². The van der Waals surface area contributed by atoms with Crippen LogP contribution in [0.1, 0.15) is 67.0 Å². The first kappa shape index (κ1) is 35.6. The Morgan fingerprint density at radius 1 is 0.435 bits per heavy atom. The van der Waals surface area contributed by atoms with Crippen LogP contribution in [0.4, 0.5) is 0 Å². The Kier molecular flexibility index (Phi) is 7.28. The highest BCUT2D eigenvalue weighted by molar-refractivity contribution is 6.08. The van der Waals surface area contributed by atoms with E-state index in [0.29, 0.717) is 0 Å². The van der Waals surface area contributed by atoms with Crippen LogP contribution in [-0.2, 0) is 10.8 Å². The zero-order valence-electron chi connectivity index (χ0n) is 35.3. The van der Waals surface area contributed by atoms with E-state index in [1.165, 1.54) is 89.0 Å². The highest BCUT2D eigenvalue weighted by atomic mass is 16.5. The van der Waals surface area contributed by atoms with E-state index >= 15 is 0 Å². The van der Waals surface area contributed by atoms with Gasteiger partial charge in [0.1, 0.15) is 11.7 Å². The number of ether oxygens (including phenoxy) is 1. The van der Waals surface area contributed by atoms with Gasteiger partial charge >= 0.3 is 0 Å². The fourth-order valence-corrected chi connectivity index (χ4v) is 11.2. The van der Waals surface area contributed by atoms with E-state index < -0.39 is 0 Å². The van der Waals surface area contributed by atoms with Gasteiger partial charge in [0.15, 0.2) is 11.3 Å². The molecule has 0 spiro atoms. The molecule has 1 aromatic heterocycles. The Bertz CT molecular complexity index is 3430. The van der Waals surface area contributed by atoms with Gasteiger partial charge in [-0.3, -0.25) is 0 Å². The van der Waals surface area contributed by atoms with Crippen molar-refractivity contribution in [3.63, 3.8) is 0 Å². The van der Waals surface area contributed by atoms with E-state index in [2.05, 4.69) is 210 Å². The molecular formula is C60H44O2. The van der Waals surface area contributed by atoms with Crippen molar-refractivity contribution in [2.75, 3.05) is 0 Å². The van der Waals surface area contributed by atoms with Crippen molar-refractivity contribution in [3.8, 4) is 61.4 Å². The summed E-state index contributed by atoms with van der Waals surface area (Å²) in [5, 5.41) is 2.20. The lowest BCUT2D eigenvalue weighted by Crippen LogP contribution is -2.18. The second-order valence-electron chi connectivity index (χ2n) is 18.8. The standard InChI is InChI=1S/C60H44O2/c1-59(2)51-29-37(35-11-7-5-8-12-35)15-21-43(51)45-23-17-39(31-53(45)59)41-19-25-47-49-27-28-50-48-26-20-42(34-56(48)62-58(50)57(49)61-55(47)33-41)40-18-24-46-44-22-16-38(36-13-9-6-10-14-36)30-52(44)60(3,4)54(46)32-40/h5-34,47,55H,1-4H3. The molecule has 8 aromatic carbocycles. The zero-order chi connectivity index (χ0) is 41.5. The third-order valence-corrected chi connectivity index (χ3v) is 14.7. The van der Waals surface area contributed by atoms with Crippen molar-refractivity contribution in [2.45, 2.75) is 50.5 Å². The lowest BCUT2D eigenvalue weighted by atomic mass is 9.80. The summed E-state index contributed by atoms with van der Waals surface area (Å²) < 4.78 is 13.7. The van der Waals surface area contributed by atoms with Crippen LogP contribution in [0.5, 0.6) is 5.75 Å². The highest BCUT2D eigenvalue weighted by Crippen LogP contribution is 2.54. The molecule has 2 heteroatoms. The van der Waals surface area contributed by atoms with Gasteiger partial charge in [0.2, 0.25) is 0 Å². The van der Waals surface area contributed by atoms with Crippen LogP contribution in [-0.4, -0.2) is 6.10 Å². The minimum Gasteiger partial charge on any atom is -0.481 e. The first-order valence-electron chi connectivity index (χ1n) is 22.0. The number of benzene rings is 8. The van der Waals surface area contributed by atoms with Gasteiger partial charge in [-0.25, -0.2) is 0 Å². The quantitative estimate of drug-likeness (QED) is 0.177. The van der Waals surface area contributed by atoms with Gasteiger partial charge in [0.25, 0.3) is 0 Å². The second kappa shape index (κ2) is 12.7. The number of hydrogen-bond acceptors (Lipinski definition) is 2. The maximum atomic E-state index is 6.88. The summed E-state index contributed by atoms with van der Waals surface area (Å²) in [5.41, 5.74) is 23.3. The second-order valence-corrected chi connectivity index (χ2v) is 18.8. The van der Waals surface area contributed by atoms with Crippen LogP contribution in [0.2, 0.25) is 0 Å². The molecule has 62 heavy (non-hydrogen) atoms. The summed E-state index contributed by atoms with van der Waals surface area (Å²) in [6, 6.07) is 60.4. The van der Waals surface area contributed by atoms with E-state index in [-0.39, 0.29) is 22.9 Å². The molecule has 0 saturated carbocycles. The molecule has 296 valence electrons. The van der Waals surface area contributed by atoms with Crippen LogP contribution in [0.3, 0.4) is 0 Å². The molecule has 2 unspecified atom stereocenters. The van der Waals surface area contributed by atoms with Gasteiger partial charge < -0.3 is 9.15 Å². The van der Waals surface area contributed by atoms with E-state index in [1.807, 2.05) is 0 Å². The molecule has 1 aliphatic heterocycles. The summed E-state index contributed by atoms with van der Waals surface area (Å²) in [4.78, 5) is 0. The summed E-state index contributed by atoms with van der Waals surface area (Å²) in [5.74, 6) is 1.00. The van der Waals surface area contributed by atoms with Crippen molar-refractivity contribution in [3.05, 3.63) is 215 Å². The Balaban J connectivity index is 0.800. The minimum absolute atomic E-state index is 0.103. The molecule has 3 aliphatic carbocycles. The monoisotopic (exact) mass is 796 g/mol. The van der Waals surface area contributed by atoms with Gasteiger partial charge in [-0.1, -0.05) is 161 Å². The van der Waals surface area contributed by atoms with Crippen molar-refractivity contribution in [1.82, 2.24) is 0 Å². The molecule has 9 aromatic rings. The van der Waals surface area contributed by atoms with E-state index in [4.69, 9.17) is 9.15 Å². The Labute approximate surface area is 362 Å². The first-order valence-corrected chi connectivity index (χ1v) is 22.0. The predicted octanol–water partition coefficient (Wildman–Crippen LogP) is 15.7. The summed E-state index contributed by atoms with van der Waals surface area (Å²) in [6.45, 7) is 9.44. The Morgan fingerprint density at radius 2 is 0.903 bits per heavy atom. The number of allylic oxidation sites excluding steroid dienone is 2. The lowest BCUT2D eigenvalue weighted by Gasteiger charge is -2.23. The minimum atomic E-state index is -0.122. The molecular weight excluding hydrogens is 753 g/mol. The fraction of sp³-hybridized carbons (Fsp3) is 0.133. The van der Waals surface area contributed by atoms with Gasteiger partial charge in [-0.05, 0) is 138 Å². The Morgan fingerprint density at radius 3 is 1.47 bits per heavy atom. The molecule has 13 rings (SSSR count). The van der Waals surface area contributed by atoms with Crippen LogP contribution in [0, 0.1) is 0 Å². The van der Waals surface area contributed by atoms with Crippen LogP contribution < -0.4 is 4.74 Å². The van der Waals surface area contributed by atoms with Crippen molar-refractivity contribution in [1.29, 1.82) is 0 Å². The third kappa shape index (κ3) is 5.04. The molecule has 0 amide bonds. The molecule has 2 atom stereocenters. The average Bonchev–Trinajstić information content (AvgIpc) is 4.01. The smallest absolute Gasteiger partial charge is 0.177 e. The lowest BCUT2D eigenvalue weighted by molar-refractivity contribution is 0.269. The SMILES string of the molecule is CC1(C)c2cc(C3=CC4Oc5c(ccc6c5oc5cc(-c7ccc8c(c7)C(C)(C)c7cc(-c9ccccc9)ccc7-8)ccc56)C4C=C3)ccc2-c2ccc(-c3ccccc3)cc21. The van der Waals surface area contributed by atoms with E-state index in [9.17, 15) is 0 Å². The van der Waals surface area contributed by atoms with Gasteiger partial charge in [-0.2, -0.15) is 0 Å². The molecule has 0 fully saturated rings. The first-order chi connectivity index (χ1) is 30.2. The maximum Gasteiger partial charge on any atom is 0.177 e.